The number of carbonyl (C=O) groups is 1. The average molecular weight is 571 g/mol. The van der Waals surface area contributed by atoms with E-state index in [1.165, 1.54) is 22.9 Å². The van der Waals surface area contributed by atoms with Gasteiger partial charge in [0, 0.05) is 50.1 Å². The van der Waals surface area contributed by atoms with Crippen molar-refractivity contribution in [3.05, 3.63) is 100 Å². The van der Waals surface area contributed by atoms with Gasteiger partial charge in [-0.25, -0.2) is 0 Å². The molecule has 0 aromatic heterocycles. The first-order valence-corrected chi connectivity index (χ1v) is 15.0. The summed E-state index contributed by atoms with van der Waals surface area (Å²) in [4.78, 5) is 15.6. The van der Waals surface area contributed by atoms with Gasteiger partial charge in [0.15, 0.2) is 0 Å². The van der Waals surface area contributed by atoms with Crippen LogP contribution in [0.5, 0.6) is 5.75 Å². The largest absolute Gasteiger partial charge is 0.507 e. The van der Waals surface area contributed by atoms with Crippen LogP contribution < -0.4 is 5.73 Å². The van der Waals surface area contributed by atoms with Crippen LogP contribution in [0.3, 0.4) is 0 Å². The number of aromatic hydroxyl groups is 1. The molecule has 6 heteroatoms. The number of aryl methyl sites for hydroxylation is 2. The molecule has 226 valence electrons. The van der Waals surface area contributed by atoms with Gasteiger partial charge in [0.25, 0.3) is 0 Å². The number of hydrogen-bond acceptors (Lipinski definition) is 5. The lowest BCUT2D eigenvalue weighted by atomic mass is 9.79. The number of primary amides is 1. The Morgan fingerprint density at radius 2 is 1.33 bits per heavy atom. The lowest BCUT2D eigenvalue weighted by Gasteiger charge is -2.34. The molecule has 0 aliphatic carbocycles. The molecule has 1 amide bonds. The molecular formula is C36H50N4O2. The van der Waals surface area contributed by atoms with Crippen molar-refractivity contribution in [2.75, 3.05) is 32.7 Å². The van der Waals surface area contributed by atoms with Crippen LogP contribution in [0, 0.1) is 5.41 Å². The molecule has 1 aliphatic rings. The maximum Gasteiger partial charge on any atom is 0.231 e. The third-order valence-electron chi connectivity index (χ3n) is 7.79. The standard InChI is InChI=1S/C21H27N3O.C15H23NO/c22-21(25)17-24-14-12-23(13-15-24)16-20-10-8-19(9-11-20)7-6-18-4-2-1-3-5-18;1-14(2,3)11-7-10(9-16)13(17)12(8-11)15(4,5)6/h1-5,8-11H,6-7,12-17H2,(H2,22,25);7-9,16-17H,1-6H3. The van der Waals surface area contributed by atoms with Crippen molar-refractivity contribution >= 4 is 12.1 Å². The molecule has 42 heavy (non-hydrogen) atoms. The maximum absolute atomic E-state index is 11.0. The van der Waals surface area contributed by atoms with Gasteiger partial charge < -0.3 is 16.2 Å². The van der Waals surface area contributed by atoms with E-state index in [9.17, 15) is 9.90 Å². The smallest absolute Gasteiger partial charge is 0.231 e. The van der Waals surface area contributed by atoms with Crippen LogP contribution in [-0.2, 0) is 35.0 Å². The summed E-state index contributed by atoms with van der Waals surface area (Å²) in [6.45, 7) is 17.8. The summed E-state index contributed by atoms with van der Waals surface area (Å²) in [5.74, 6) is 0.0000384. The summed E-state index contributed by atoms with van der Waals surface area (Å²) in [6.07, 6.45) is 3.39. The topological polar surface area (TPSA) is 93.6 Å². The maximum atomic E-state index is 11.0. The van der Waals surface area contributed by atoms with E-state index in [-0.39, 0.29) is 22.5 Å². The van der Waals surface area contributed by atoms with E-state index in [2.05, 4.69) is 112 Å². The molecule has 0 spiro atoms. The number of phenols is 1. The van der Waals surface area contributed by atoms with Crippen molar-refractivity contribution in [3.8, 4) is 5.75 Å². The van der Waals surface area contributed by atoms with Gasteiger partial charge in [0.2, 0.25) is 5.91 Å². The van der Waals surface area contributed by atoms with E-state index in [1.54, 1.807) is 0 Å². The molecule has 1 aliphatic heterocycles. The monoisotopic (exact) mass is 570 g/mol. The zero-order chi connectivity index (χ0) is 30.9. The Hall–Kier alpha value is -3.48. The molecule has 0 atom stereocenters. The Bertz CT molecular complexity index is 1300. The van der Waals surface area contributed by atoms with E-state index in [0.29, 0.717) is 12.1 Å². The number of hydrogen-bond donors (Lipinski definition) is 3. The molecule has 0 radical (unpaired) electrons. The second kappa shape index (κ2) is 14.6. The normalized spacial score (nSPS) is 14.6. The molecule has 0 bridgehead atoms. The third kappa shape index (κ3) is 10.1. The fourth-order valence-electron chi connectivity index (χ4n) is 5.10. The molecule has 3 aromatic carbocycles. The lowest BCUT2D eigenvalue weighted by Crippen LogP contribution is -2.48. The van der Waals surface area contributed by atoms with E-state index in [4.69, 9.17) is 11.1 Å². The highest BCUT2D eigenvalue weighted by Gasteiger charge is 2.24. The van der Waals surface area contributed by atoms with Gasteiger partial charge in [-0.3, -0.25) is 14.6 Å². The van der Waals surface area contributed by atoms with Crippen molar-refractivity contribution in [2.24, 2.45) is 5.73 Å². The minimum Gasteiger partial charge on any atom is -0.507 e. The van der Waals surface area contributed by atoms with Gasteiger partial charge in [-0.2, -0.15) is 0 Å². The number of piperazine rings is 1. The Kier molecular flexibility index (Phi) is 11.5. The zero-order valence-electron chi connectivity index (χ0n) is 26.4. The number of nitrogens with one attached hydrogen (secondary N) is 1. The Labute approximate surface area is 253 Å². The van der Waals surface area contributed by atoms with Gasteiger partial charge in [-0.1, -0.05) is 102 Å². The number of benzene rings is 3. The first kappa shape index (κ1) is 33.0. The number of phenolic OH excluding ortho intramolecular Hbond substituents is 1. The molecule has 0 unspecified atom stereocenters. The van der Waals surface area contributed by atoms with Crippen LogP contribution in [0.2, 0.25) is 0 Å². The lowest BCUT2D eigenvalue weighted by molar-refractivity contribution is -0.119. The second-order valence-electron chi connectivity index (χ2n) is 13.4. The van der Waals surface area contributed by atoms with Gasteiger partial charge in [-0.15, -0.1) is 0 Å². The number of amides is 1. The van der Waals surface area contributed by atoms with Gasteiger partial charge in [-0.05, 0) is 52.0 Å². The quantitative estimate of drug-likeness (QED) is 0.287. The van der Waals surface area contributed by atoms with Crippen molar-refractivity contribution in [1.82, 2.24) is 9.80 Å². The predicted octanol–water partition coefficient (Wildman–Crippen LogP) is 6.06. The summed E-state index contributed by atoms with van der Waals surface area (Å²) >= 11 is 0. The summed E-state index contributed by atoms with van der Waals surface area (Å²) < 4.78 is 0. The number of rotatable bonds is 8. The second-order valence-corrected chi connectivity index (χ2v) is 13.4. The summed E-state index contributed by atoms with van der Waals surface area (Å²) in [6, 6.07) is 23.6. The fraction of sp³-hybridized carbons (Fsp3) is 0.444. The van der Waals surface area contributed by atoms with Crippen LogP contribution in [0.1, 0.15) is 74.9 Å². The molecule has 1 saturated heterocycles. The van der Waals surface area contributed by atoms with E-state index in [0.717, 1.165) is 56.7 Å². The summed E-state index contributed by atoms with van der Waals surface area (Å²) in [5, 5.41) is 17.6. The Morgan fingerprint density at radius 3 is 1.83 bits per heavy atom. The fourth-order valence-corrected chi connectivity index (χ4v) is 5.10. The Morgan fingerprint density at radius 1 is 0.810 bits per heavy atom. The zero-order valence-corrected chi connectivity index (χ0v) is 26.4. The molecule has 1 heterocycles. The molecular weight excluding hydrogens is 520 g/mol. The molecule has 6 nitrogen and oxygen atoms in total. The van der Waals surface area contributed by atoms with Crippen LogP contribution in [-0.4, -0.2) is 59.8 Å². The van der Waals surface area contributed by atoms with E-state index >= 15 is 0 Å². The molecule has 0 saturated carbocycles. The van der Waals surface area contributed by atoms with Crippen molar-refractivity contribution in [2.45, 2.75) is 71.8 Å². The van der Waals surface area contributed by atoms with Gasteiger partial charge in [0.05, 0.1) is 6.54 Å². The first-order chi connectivity index (χ1) is 19.8. The Balaban J connectivity index is 0.000000250. The van der Waals surface area contributed by atoms with Crippen LogP contribution >= 0.6 is 0 Å². The van der Waals surface area contributed by atoms with Crippen molar-refractivity contribution in [3.63, 3.8) is 0 Å². The van der Waals surface area contributed by atoms with Crippen LogP contribution in [0.25, 0.3) is 0 Å². The average Bonchev–Trinajstić information content (AvgIpc) is 2.93. The molecule has 1 fully saturated rings. The molecule has 3 aromatic rings. The van der Waals surface area contributed by atoms with Crippen molar-refractivity contribution in [1.29, 1.82) is 5.41 Å². The first-order valence-electron chi connectivity index (χ1n) is 15.0. The number of nitrogens with zero attached hydrogens (tertiary/aromatic N) is 2. The third-order valence-corrected chi connectivity index (χ3v) is 7.79. The van der Waals surface area contributed by atoms with Crippen LogP contribution in [0.15, 0.2) is 66.7 Å². The minimum absolute atomic E-state index is 0.0193. The highest BCUT2D eigenvalue weighted by atomic mass is 16.3. The number of carbonyl (C=O) groups excluding carboxylic acids is 1. The van der Waals surface area contributed by atoms with E-state index in [1.807, 2.05) is 6.07 Å². The number of nitrogens with two attached hydrogens (primary N) is 1. The van der Waals surface area contributed by atoms with Gasteiger partial charge in [0.1, 0.15) is 5.75 Å². The summed E-state index contributed by atoms with van der Waals surface area (Å²) in [7, 11) is 0. The highest BCUT2D eigenvalue weighted by Crippen LogP contribution is 2.36. The van der Waals surface area contributed by atoms with Gasteiger partial charge >= 0.3 is 0 Å². The SMILES string of the molecule is CC(C)(C)c1cc(C=N)c(O)c(C(C)(C)C)c1.NC(=O)CN1CCN(Cc2ccc(CCc3ccccc3)cc2)CC1. The summed E-state index contributed by atoms with van der Waals surface area (Å²) in [5.41, 5.74) is 11.9. The van der Waals surface area contributed by atoms with Crippen LogP contribution in [0.4, 0.5) is 0 Å². The highest BCUT2D eigenvalue weighted by molar-refractivity contribution is 5.82. The minimum atomic E-state index is -0.237. The molecule has 4 rings (SSSR count). The van der Waals surface area contributed by atoms with E-state index < -0.39 is 0 Å². The molecule has 4 N–H and O–H groups in total. The predicted molar refractivity (Wildman–Crippen MR) is 175 cm³/mol. The van der Waals surface area contributed by atoms with Crippen molar-refractivity contribution < 1.29 is 9.90 Å².